The normalized spacial score (nSPS) is 17.2. The third-order valence-electron chi connectivity index (χ3n) is 11.3. The van der Waals surface area contributed by atoms with Crippen LogP contribution in [-0.4, -0.2) is 57.8 Å². The van der Waals surface area contributed by atoms with Crippen LogP contribution >= 0.6 is 0 Å². The molecule has 2 heterocycles. The zero-order chi connectivity index (χ0) is 42.0. The van der Waals surface area contributed by atoms with Gasteiger partial charge in [-0.25, -0.2) is 0 Å². The summed E-state index contributed by atoms with van der Waals surface area (Å²) in [6.45, 7) is 15.8. The van der Waals surface area contributed by atoms with Gasteiger partial charge < -0.3 is 39.4 Å². The predicted octanol–water partition coefficient (Wildman–Crippen LogP) is 10.7. The van der Waals surface area contributed by atoms with E-state index in [-0.39, 0.29) is 56.7 Å². The molecule has 4 unspecified atom stereocenters. The number of hydrogen-bond donors (Lipinski definition) is 4. The molecule has 6 rings (SSSR count). The van der Waals surface area contributed by atoms with Crippen LogP contribution < -0.4 is 18.9 Å². The number of carbonyl (C=O) groups is 2. The number of aldehydes is 2. The molecule has 4 atom stereocenters. The van der Waals surface area contributed by atoms with Crippen molar-refractivity contribution in [3.05, 3.63) is 69.8 Å². The number of aliphatic hydroxyl groups excluding tert-OH is 2. The lowest BCUT2D eigenvalue weighted by molar-refractivity contribution is 0.0910. The summed E-state index contributed by atoms with van der Waals surface area (Å²) in [6.07, 6.45) is 11.9. The van der Waals surface area contributed by atoms with Gasteiger partial charge in [0.2, 0.25) is 0 Å². The fourth-order valence-corrected chi connectivity index (χ4v) is 8.51. The Morgan fingerprint density at radius 2 is 0.966 bits per heavy atom. The highest BCUT2D eigenvalue weighted by atomic mass is 16.7. The van der Waals surface area contributed by atoms with Gasteiger partial charge in [0.15, 0.2) is 35.6 Å². The maximum Gasteiger partial charge on any atom is 0.261 e. The van der Waals surface area contributed by atoms with Crippen molar-refractivity contribution in [1.29, 1.82) is 0 Å². The number of fused-ring (bicyclic) bond motifs is 4. The number of aliphatic hydroxyl groups is 2. The van der Waals surface area contributed by atoms with Crippen molar-refractivity contribution in [1.82, 2.24) is 0 Å². The van der Waals surface area contributed by atoms with Crippen LogP contribution in [0.4, 0.5) is 0 Å². The Hall–Kier alpha value is -5.06. The third-order valence-corrected chi connectivity index (χ3v) is 11.3. The van der Waals surface area contributed by atoms with E-state index in [0.717, 1.165) is 49.7 Å². The zero-order valence-corrected chi connectivity index (χ0v) is 35.0. The Labute approximate surface area is 341 Å². The highest BCUT2D eigenvalue weighted by Crippen LogP contribution is 2.56. The molecule has 310 valence electrons. The number of carbonyl (C=O) groups excluding carboxylic acids is 2. The number of phenolic OH excluding ortho intramolecular Hbond substituents is 2. The van der Waals surface area contributed by atoms with E-state index in [4.69, 9.17) is 18.9 Å². The molecule has 0 fully saturated rings. The summed E-state index contributed by atoms with van der Waals surface area (Å²) in [5, 5.41) is 47.5. The summed E-state index contributed by atoms with van der Waals surface area (Å²) in [6, 6.07) is 3.76. The number of phenols is 2. The first-order chi connectivity index (χ1) is 27.8. The average molecular weight is 795 g/mol. The van der Waals surface area contributed by atoms with Crippen molar-refractivity contribution < 1.29 is 49.0 Å². The average Bonchev–Trinajstić information content (AvgIpc) is 3.79. The number of ether oxygens (including phenoxy) is 4. The number of benzene rings is 4. The monoisotopic (exact) mass is 794 g/mol. The van der Waals surface area contributed by atoms with Crippen LogP contribution in [0.5, 0.6) is 34.5 Å². The minimum Gasteiger partial charge on any atom is -0.507 e. The van der Waals surface area contributed by atoms with Gasteiger partial charge in [-0.15, -0.1) is 0 Å². The van der Waals surface area contributed by atoms with E-state index in [1.807, 2.05) is 53.7 Å². The summed E-state index contributed by atoms with van der Waals surface area (Å²) in [7, 11) is 0. The topological polar surface area (TPSA) is 152 Å². The van der Waals surface area contributed by atoms with Crippen molar-refractivity contribution in [2.75, 3.05) is 0 Å². The summed E-state index contributed by atoms with van der Waals surface area (Å²) >= 11 is 0. The van der Waals surface area contributed by atoms with Crippen molar-refractivity contribution >= 4 is 34.1 Å². The Bertz CT molecular complexity index is 2110. The van der Waals surface area contributed by atoms with E-state index < -0.39 is 24.8 Å². The van der Waals surface area contributed by atoms with Gasteiger partial charge in [-0.3, -0.25) is 9.59 Å². The molecular weight excluding hydrogens is 737 g/mol. The van der Waals surface area contributed by atoms with Gasteiger partial charge >= 0.3 is 0 Å². The van der Waals surface area contributed by atoms with Gasteiger partial charge in [0, 0.05) is 33.0 Å². The maximum atomic E-state index is 13.0. The molecule has 58 heavy (non-hydrogen) atoms. The minimum atomic E-state index is -0.894. The number of unbranched alkanes of at least 4 members (excludes halogenated alkanes) is 4. The molecule has 0 bridgehead atoms. The second kappa shape index (κ2) is 17.8. The summed E-state index contributed by atoms with van der Waals surface area (Å²) < 4.78 is 25.0. The largest absolute Gasteiger partial charge is 0.507 e. The highest BCUT2D eigenvalue weighted by Gasteiger charge is 2.37. The second-order valence-corrected chi connectivity index (χ2v) is 16.3. The van der Waals surface area contributed by atoms with E-state index >= 15 is 0 Å². The fraction of sp³-hybridized carbons (Fsp3) is 0.458. The van der Waals surface area contributed by atoms with Gasteiger partial charge in [0.1, 0.15) is 11.5 Å². The SMILES string of the molecule is CCCCCC(O)/C=C/C1Oc2c(c(C=O)c3c(O)c(-c4c(C)cc5c(C(C)C)c6c(c(C=O)c5c4O)OC(/C=C/C(O)CCCCC)O6)c(C)cc3c2C(C)C)O1. The highest BCUT2D eigenvalue weighted by molar-refractivity contribution is 6.14. The Kier molecular flexibility index (Phi) is 13.1. The van der Waals surface area contributed by atoms with Crippen LogP contribution in [0, 0.1) is 13.8 Å². The molecule has 0 aliphatic carbocycles. The summed E-state index contributed by atoms with van der Waals surface area (Å²) in [4.78, 5) is 26.0. The summed E-state index contributed by atoms with van der Waals surface area (Å²) in [5.74, 6) is 0.523. The van der Waals surface area contributed by atoms with Crippen LogP contribution in [0.25, 0.3) is 32.7 Å². The Balaban J connectivity index is 1.50. The minimum absolute atomic E-state index is 0.0964. The van der Waals surface area contributed by atoms with Crippen molar-refractivity contribution in [3.63, 3.8) is 0 Å². The number of hydrogen-bond acceptors (Lipinski definition) is 10. The molecule has 0 spiro atoms. The van der Waals surface area contributed by atoms with Crippen LogP contribution in [0.1, 0.15) is 148 Å². The molecular formula is C48H58O10. The molecule has 0 aromatic heterocycles. The van der Waals surface area contributed by atoms with Crippen molar-refractivity contribution in [2.45, 2.75) is 143 Å². The molecule has 0 amide bonds. The molecule has 10 nitrogen and oxygen atoms in total. The van der Waals surface area contributed by atoms with Gasteiger partial charge in [-0.1, -0.05) is 104 Å². The first kappa shape index (κ1) is 42.5. The lowest BCUT2D eigenvalue weighted by Crippen LogP contribution is -2.16. The van der Waals surface area contributed by atoms with E-state index in [2.05, 4.69) is 13.8 Å². The Morgan fingerprint density at radius 3 is 1.29 bits per heavy atom. The smallest absolute Gasteiger partial charge is 0.261 e. The van der Waals surface area contributed by atoms with Crippen LogP contribution in [0.2, 0.25) is 0 Å². The van der Waals surface area contributed by atoms with Gasteiger partial charge in [0.25, 0.3) is 12.6 Å². The molecule has 4 aromatic carbocycles. The van der Waals surface area contributed by atoms with Gasteiger partial charge in [-0.05, 0) is 72.6 Å². The molecule has 0 saturated carbocycles. The van der Waals surface area contributed by atoms with Crippen LogP contribution in [0.3, 0.4) is 0 Å². The maximum absolute atomic E-state index is 13.0. The van der Waals surface area contributed by atoms with Crippen LogP contribution in [0.15, 0.2) is 36.4 Å². The van der Waals surface area contributed by atoms with Gasteiger partial charge in [0.05, 0.1) is 23.3 Å². The van der Waals surface area contributed by atoms with Crippen LogP contribution in [-0.2, 0) is 0 Å². The molecule has 0 saturated heterocycles. The fourth-order valence-electron chi connectivity index (χ4n) is 8.51. The molecule has 4 aromatic rings. The molecule has 0 radical (unpaired) electrons. The zero-order valence-electron chi connectivity index (χ0n) is 35.0. The summed E-state index contributed by atoms with van der Waals surface area (Å²) in [5.41, 5.74) is 3.51. The number of aryl methyl sites for hydroxylation is 2. The van der Waals surface area contributed by atoms with E-state index in [0.29, 0.717) is 69.9 Å². The van der Waals surface area contributed by atoms with E-state index in [1.165, 1.54) is 0 Å². The number of aromatic hydroxyl groups is 2. The third kappa shape index (κ3) is 7.88. The van der Waals surface area contributed by atoms with Crippen molar-refractivity contribution in [3.8, 4) is 45.6 Å². The molecule has 10 heteroatoms. The lowest BCUT2D eigenvalue weighted by atomic mass is 9.83. The number of rotatable bonds is 17. The quantitative estimate of drug-likeness (QED) is 0.0462. The first-order valence-corrected chi connectivity index (χ1v) is 20.8. The molecule has 4 N–H and O–H groups in total. The van der Waals surface area contributed by atoms with E-state index in [9.17, 15) is 30.0 Å². The molecule has 2 aliphatic heterocycles. The van der Waals surface area contributed by atoms with E-state index in [1.54, 1.807) is 24.3 Å². The Morgan fingerprint density at radius 1 is 0.603 bits per heavy atom. The standard InChI is InChI=1S/C48H58O10/c1-9-11-13-15-29(51)17-19-35-55-45-33(23-49)41-31(37(25(3)4)47(45)57-35)21-27(7)39(43(41)53)40-28(8)22-32-38(26(5)6)48-46(34(24-50)42(32)44(40)54)56-36(58-48)20-18-30(52)16-14-12-10-2/h17-26,29-30,35-36,51-54H,9-16H2,1-8H3/b19-17+,20-18+. The first-order valence-electron chi connectivity index (χ1n) is 20.8. The van der Waals surface area contributed by atoms with Gasteiger partial charge in [-0.2, -0.15) is 0 Å². The molecule has 2 aliphatic rings. The van der Waals surface area contributed by atoms with Crippen molar-refractivity contribution in [2.24, 2.45) is 0 Å². The lowest BCUT2D eigenvalue weighted by Gasteiger charge is -2.23. The predicted molar refractivity (Wildman–Crippen MR) is 227 cm³/mol. The second-order valence-electron chi connectivity index (χ2n) is 16.3.